The predicted octanol–water partition coefficient (Wildman–Crippen LogP) is 3.27. The summed E-state index contributed by atoms with van der Waals surface area (Å²) in [5, 5.41) is 8.98. The van der Waals surface area contributed by atoms with Gasteiger partial charge in [0.15, 0.2) is 5.69 Å². The number of nitrogens with one attached hydrogen (secondary N) is 1. The predicted molar refractivity (Wildman–Crippen MR) is 86.6 cm³/mol. The third kappa shape index (κ3) is 6.89. The summed E-state index contributed by atoms with van der Waals surface area (Å²) in [5.41, 5.74) is -0.274. The minimum Gasteiger partial charge on any atom is -0.476 e. The van der Waals surface area contributed by atoms with Gasteiger partial charge in [-0.25, -0.2) is 18.2 Å². The van der Waals surface area contributed by atoms with Crippen LogP contribution in [0, 0.1) is 0 Å². The summed E-state index contributed by atoms with van der Waals surface area (Å²) in [6, 6.07) is 2.90. The lowest BCUT2D eigenvalue weighted by Crippen LogP contribution is -2.19. The molecule has 1 aromatic heterocycles. The fourth-order valence-corrected chi connectivity index (χ4v) is 3.31. The van der Waals surface area contributed by atoms with Gasteiger partial charge >= 0.3 is 5.97 Å². The number of pyridine rings is 1. The summed E-state index contributed by atoms with van der Waals surface area (Å²) in [7, 11) is -3.54. The van der Waals surface area contributed by atoms with Crippen LogP contribution < -0.4 is 4.72 Å². The van der Waals surface area contributed by atoms with Crippen molar-refractivity contribution in [2.75, 3.05) is 10.5 Å². The Hall–Kier alpha value is -1.63. The van der Waals surface area contributed by atoms with Gasteiger partial charge in [0.1, 0.15) is 0 Å². The monoisotopic (exact) mass is 328 g/mol. The van der Waals surface area contributed by atoms with Crippen LogP contribution in [0.1, 0.15) is 62.4 Å². The molecular weight excluding hydrogens is 304 g/mol. The second-order valence-electron chi connectivity index (χ2n) is 5.25. The first-order valence-electron chi connectivity index (χ1n) is 7.65. The molecule has 0 atom stereocenters. The van der Waals surface area contributed by atoms with Gasteiger partial charge in [-0.2, -0.15) is 0 Å². The van der Waals surface area contributed by atoms with E-state index in [1.54, 1.807) is 0 Å². The molecule has 2 N–H and O–H groups in total. The number of carboxylic acids is 1. The molecule has 0 bridgehead atoms. The Morgan fingerprint density at radius 2 is 1.82 bits per heavy atom. The number of carboxylic acid groups (broad SMARTS) is 1. The molecule has 0 saturated carbocycles. The average molecular weight is 328 g/mol. The zero-order valence-corrected chi connectivity index (χ0v) is 13.7. The highest BCUT2D eigenvalue weighted by molar-refractivity contribution is 7.92. The lowest BCUT2D eigenvalue weighted by Gasteiger charge is -2.09. The lowest BCUT2D eigenvalue weighted by molar-refractivity contribution is 0.0692. The largest absolute Gasteiger partial charge is 0.476 e. The molecule has 0 spiro atoms. The normalized spacial score (nSPS) is 11.3. The second-order valence-corrected chi connectivity index (χ2v) is 7.09. The lowest BCUT2D eigenvalue weighted by atomic mass is 10.1. The number of sulfonamides is 1. The fraction of sp³-hybridized carbons (Fsp3) is 0.600. The van der Waals surface area contributed by atoms with Crippen molar-refractivity contribution >= 4 is 21.7 Å². The number of rotatable bonds is 11. The Morgan fingerprint density at radius 1 is 1.18 bits per heavy atom. The molecule has 0 amide bonds. The summed E-state index contributed by atoms with van der Waals surface area (Å²) in [6.07, 6.45) is 8.52. The van der Waals surface area contributed by atoms with Crippen molar-refractivity contribution in [1.82, 2.24) is 4.98 Å². The van der Waals surface area contributed by atoms with Crippen LogP contribution in [0.3, 0.4) is 0 Å². The first-order valence-corrected chi connectivity index (χ1v) is 9.30. The van der Waals surface area contributed by atoms with Crippen LogP contribution in [0.15, 0.2) is 18.3 Å². The number of nitrogens with zero attached hydrogens (tertiary/aromatic N) is 1. The minimum atomic E-state index is -3.54. The van der Waals surface area contributed by atoms with Crippen molar-refractivity contribution in [1.29, 1.82) is 0 Å². The maximum Gasteiger partial charge on any atom is 0.356 e. The van der Waals surface area contributed by atoms with Crippen molar-refractivity contribution in [2.45, 2.75) is 51.9 Å². The molecule has 22 heavy (non-hydrogen) atoms. The maximum absolute atomic E-state index is 12.0. The van der Waals surface area contributed by atoms with Gasteiger partial charge in [-0.3, -0.25) is 4.72 Å². The first kappa shape index (κ1) is 18.4. The van der Waals surface area contributed by atoms with Crippen LogP contribution in [-0.2, 0) is 10.0 Å². The van der Waals surface area contributed by atoms with Gasteiger partial charge in [0, 0.05) is 6.20 Å². The number of aromatic nitrogens is 1. The summed E-state index contributed by atoms with van der Waals surface area (Å²) in [4.78, 5) is 14.7. The van der Waals surface area contributed by atoms with Crippen LogP contribution in [0.4, 0.5) is 5.69 Å². The topological polar surface area (TPSA) is 96.4 Å². The molecule has 1 heterocycles. The molecule has 0 aromatic carbocycles. The van der Waals surface area contributed by atoms with E-state index >= 15 is 0 Å². The Kier molecular flexibility index (Phi) is 7.87. The molecule has 1 aromatic rings. The first-order chi connectivity index (χ1) is 10.5. The number of hydrogen-bond donors (Lipinski definition) is 2. The van der Waals surface area contributed by atoms with Crippen molar-refractivity contribution in [3.63, 3.8) is 0 Å². The molecule has 0 unspecified atom stereocenters. The minimum absolute atomic E-state index is 0.00523. The molecule has 0 aliphatic rings. The number of anilines is 1. The van der Waals surface area contributed by atoms with E-state index in [0.717, 1.165) is 19.3 Å². The third-order valence-electron chi connectivity index (χ3n) is 3.29. The molecule has 0 aliphatic heterocycles. The quantitative estimate of drug-likeness (QED) is 0.608. The van der Waals surface area contributed by atoms with Crippen molar-refractivity contribution in [3.05, 3.63) is 24.0 Å². The molecule has 124 valence electrons. The number of unbranched alkanes of at least 4 members (excludes halogenated alkanes) is 6. The fourth-order valence-electron chi connectivity index (χ4n) is 2.13. The van der Waals surface area contributed by atoms with Gasteiger partial charge < -0.3 is 5.11 Å². The van der Waals surface area contributed by atoms with E-state index in [2.05, 4.69) is 16.6 Å². The summed E-state index contributed by atoms with van der Waals surface area (Å²) < 4.78 is 26.3. The van der Waals surface area contributed by atoms with Crippen molar-refractivity contribution in [3.8, 4) is 0 Å². The van der Waals surface area contributed by atoms with E-state index in [9.17, 15) is 13.2 Å². The van der Waals surface area contributed by atoms with Gasteiger partial charge in [0.2, 0.25) is 10.0 Å². The number of carbonyl (C=O) groups is 1. The van der Waals surface area contributed by atoms with E-state index in [-0.39, 0.29) is 17.1 Å². The van der Waals surface area contributed by atoms with Gasteiger partial charge in [-0.15, -0.1) is 0 Å². The number of hydrogen-bond acceptors (Lipinski definition) is 4. The van der Waals surface area contributed by atoms with E-state index in [4.69, 9.17) is 5.11 Å². The maximum atomic E-state index is 12.0. The third-order valence-corrected chi connectivity index (χ3v) is 4.65. The highest BCUT2D eigenvalue weighted by Crippen LogP contribution is 2.15. The standard InChI is InChI=1S/C15H24N2O4S/c1-2-3-4-5-6-7-8-12-22(20,21)17-13-10-9-11-16-14(13)15(18)19/h9-11,17H,2-8,12H2,1H3,(H,18,19). The average Bonchev–Trinajstić information content (AvgIpc) is 2.46. The molecule has 0 saturated heterocycles. The molecule has 7 heteroatoms. The summed E-state index contributed by atoms with van der Waals surface area (Å²) in [5.74, 6) is -1.26. The smallest absolute Gasteiger partial charge is 0.356 e. The second kappa shape index (κ2) is 9.40. The van der Waals surface area contributed by atoms with Gasteiger partial charge in [0.25, 0.3) is 0 Å². The van der Waals surface area contributed by atoms with Gasteiger partial charge in [-0.1, -0.05) is 45.4 Å². The van der Waals surface area contributed by atoms with Crippen LogP contribution in [-0.4, -0.2) is 30.2 Å². The van der Waals surface area contributed by atoms with Crippen LogP contribution >= 0.6 is 0 Å². The zero-order valence-electron chi connectivity index (χ0n) is 12.9. The highest BCUT2D eigenvalue weighted by Gasteiger charge is 2.16. The molecular formula is C15H24N2O4S. The number of aromatic carboxylic acids is 1. The van der Waals surface area contributed by atoms with E-state index in [1.807, 2.05) is 0 Å². The zero-order chi connectivity index (χ0) is 16.4. The molecule has 0 radical (unpaired) electrons. The Balaban J connectivity index is 2.43. The SMILES string of the molecule is CCCCCCCCCS(=O)(=O)Nc1cccnc1C(=O)O. The van der Waals surface area contributed by atoms with Crippen LogP contribution in [0.5, 0.6) is 0 Å². The van der Waals surface area contributed by atoms with Crippen LogP contribution in [0.2, 0.25) is 0 Å². The molecule has 1 rings (SSSR count). The van der Waals surface area contributed by atoms with E-state index in [0.29, 0.717) is 6.42 Å². The van der Waals surface area contributed by atoms with Gasteiger partial charge in [0.05, 0.1) is 11.4 Å². The molecule has 0 aliphatic carbocycles. The van der Waals surface area contributed by atoms with Gasteiger partial charge in [-0.05, 0) is 18.6 Å². The Labute approximate surface area is 132 Å². The molecule has 6 nitrogen and oxygen atoms in total. The summed E-state index contributed by atoms with van der Waals surface area (Å²) in [6.45, 7) is 2.15. The molecule has 0 fully saturated rings. The highest BCUT2D eigenvalue weighted by atomic mass is 32.2. The summed E-state index contributed by atoms with van der Waals surface area (Å²) >= 11 is 0. The van der Waals surface area contributed by atoms with Crippen molar-refractivity contribution in [2.24, 2.45) is 0 Å². The Morgan fingerprint density at radius 3 is 2.45 bits per heavy atom. The van der Waals surface area contributed by atoms with Crippen LogP contribution in [0.25, 0.3) is 0 Å². The van der Waals surface area contributed by atoms with Crippen molar-refractivity contribution < 1.29 is 18.3 Å². The van der Waals surface area contributed by atoms with E-state index < -0.39 is 16.0 Å². The van der Waals surface area contributed by atoms with E-state index in [1.165, 1.54) is 37.6 Å². The Bertz CT molecular complexity index is 573.